The second-order valence-electron chi connectivity index (χ2n) is 5.80. The normalized spacial score (nSPS) is 15.8. The molecule has 2 amide bonds. The molecule has 2 aromatic heterocycles. The Morgan fingerprint density at radius 1 is 1.26 bits per heavy atom. The molecule has 0 atom stereocenters. The van der Waals surface area contributed by atoms with Crippen LogP contribution in [0.25, 0.3) is 0 Å². The van der Waals surface area contributed by atoms with Crippen LogP contribution in [0.4, 0.5) is 10.6 Å². The van der Waals surface area contributed by atoms with Gasteiger partial charge in [-0.2, -0.15) is 0 Å². The van der Waals surface area contributed by atoms with Gasteiger partial charge in [-0.25, -0.2) is 9.78 Å². The van der Waals surface area contributed by atoms with Gasteiger partial charge in [-0.15, -0.1) is 0 Å². The fourth-order valence-corrected chi connectivity index (χ4v) is 3.03. The molecule has 7 heteroatoms. The van der Waals surface area contributed by atoms with Gasteiger partial charge in [0.2, 0.25) is 0 Å². The Morgan fingerprint density at radius 3 is 3.17 bits per heavy atom. The van der Waals surface area contributed by atoms with E-state index in [0.29, 0.717) is 25.6 Å². The van der Waals surface area contributed by atoms with E-state index in [1.807, 2.05) is 12.1 Å². The summed E-state index contributed by atoms with van der Waals surface area (Å²) in [6.07, 6.45) is 3.93. The molecular weight excluding hydrogens is 296 g/mol. The van der Waals surface area contributed by atoms with E-state index in [9.17, 15) is 4.79 Å². The van der Waals surface area contributed by atoms with E-state index >= 15 is 0 Å². The Bertz CT molecular complexity index is 741. The van der Waals surface area contributed by atoms with Gasteiger partial charge in [0, 0.05) is 17.7 Å². The summed E-state index contributed by atoms with van der Waals surface area (Å²) in [6.45, 7) is 1.45. The van der Waals surface area contributed by atoms with Crippen molar-refractivity contribution in [3.8, 4) is 0 Å². The van der Waals surface area contributed by atoms with E-state index in [4.69, 9.17) is 9.26 Å². The minimum atomic E-state index is -0.302. The highest BCUT2D eigenvalue weighted by atomic mass is 16.5. The first-order chi connectivity index (χ1) is 11.3. The van der Waals surface area contributed by atoms with Crippen LogP contribution in [-0.4, -0.2) is 22.8 Å². The van der Waals surface area contributed by atoms with Crippen LogP contribution in [0.3, 0.4) is 0 Å². The van der Waals surface area contributed by atoms with Crippen LogP contribution in [0.2, 0.25) is 0 Å². The van der Waals surface area contributed by atoms with Crippen LogP contribution < -0.4 is 10.6 Å². The predicted molar refractivity (Wildman–Crippen MR) is 82.0 cm³/mol. The van der Waals surface area contributed by atoms with Crippen LogP contribution in [0, 0.1) is 0 Å². The highest BCUT2D eigenvalue weighted by Crippen LogP contribution is 2.22. The monoisotopic (exact) mass is 314 g/mol. The topological polar surface area (TPSA) is 89.3 Å². The van der Waals surface area contributed by atoms with Gasteiger partial charge in [0.05, 0.1) is 19.8 Å². The highest BCUT2D eigenvalue weighted by Gasteiger charge is 2.20. The van der Waals surface area contributed by atoms with E-state index in [-0.39, 0.29) is 6.03 Å². The average molecular weight is 314 g/mol. The average Bonchev–Trinajstić information content (AvgIpc) is 3.19. The summed E-state index contributed by atoms with van der Waals surface area (Å²) in [7, 11) is 0. The second-order valence-corrected chi connectivity index (χ2v) is 5.80. The van der Waals surface area contributed by atoms with Crippen molar-refractivity contribution in [1.82, 2.24) is 15.5 Å². The molecule has 2 aliphatic rings. The van der Waals surface area contributed by atoms with Gasteiger partial charge in [-0.1, -0.05) is 11.2 Å². The van der Waals surface area contributed by atoms with Gasteiger partial charge in [0.25, 0.3) is 0 Å². The largest absolute Gasteiger partial charge is 0.376 e. The van der Waals surface area contributed by atoms with Crippen molar-refractivity contribution in [2.24, 2.45) is 0 Å². The van der Waals surface area contributed by atoms with Crippen molar-refractivity contribution in [3.63, 3.8) is 0 Å². The maximum absolute atomic E-state index is 12.0. The lowest BCUT2D eigenvalue weighted by Crippen LogP contribution is -2.29. The number of nitrogens with zero attached hydrogens (tertiary/aromatic N) is 2. The smallest absolute Gasteiger partial charge is 0.320 e. The predicted octanol–water partition coefficient (Wildman–Crippen LogP) is 1.95. The number of pyridine rings is 1. The Hall–Kier alpha value is -2.41. The number of carbonyl (C=O) groups is 1. The van der Waals surface area contributed by atoms with Crippen molar-refractivity contribution in [2.45, 2.75) is 38.8 Å². The lowest BCUT2D eigenvalue weighted by atomic mass is 10.1. The fourth-order valence-electron chi connectivity index (χ4n) is 3.03. The first-order valence-corrected chi connectivity index (χ1v) is 7.87. The third-order valence-corrected chi connectivity index (χ3v) is 4.26. The molecule has 0 radical (unpaired) electrons. The molecule has 0 fully saturated rings. The Labute approximate surface area is 133 Å². The van der Waals surface area contributed by atoms with E-state index in [2.05, 4.69) is 20.8 Å². The minimum Gasteiger partial charge on any atom is -0.376 e. The van der Waals surface area contributed by atoms with Crippen molar-refractivity contribution in [2.75, 3.05) is 11.9 Å². The maximum atomic E-state index is 12.0. The first kappa shape index (κ1) is 14.2. The third kappa shape index (κ3) is 2.92. The molecule has 0 bridgehead atoms. The van der Waals surface area contributed by atoms with E-state index < -0.39 is 0 Å². The number of aromatic nitrogens is 2. The van der Waals surface area contributed by atoms with Gasteiger partial charge >= 0.3 is 6.03 Å². The lowest BCUT2D eigenvalue weighted by molar-refractivity contribution is 0.102. The third-order valence-electron chi connectivity index (χ3n) is 4.26. The quantitative estimate of drug-likeness (QED) is 0.904. The van der Waals surface area contributed by atoms with Crippen molar-refractivity contribution >= 4 is 11.8 Å². The molecule has 120 valence electrons. The Balaban J connectivity index is 1.36. The number of amides is 2. The number of ether oxygens (including phenoxy) is 1. The second kappa shape index (κ2) is 6.00. The zero-order valence-electron chi connectivity index (χ0n) is 12.7. The van der Waals surface area contributed by atoms with E-state index in [0.717, 1.165) is 48.4 Å². The van der Waals surface area contributed by atoms with Gasteiger partial charge in [0.15, 0.2) is 0 Å². The Kier molecular flexibility index (Phi) is 3.70. The summed E-state index contributed by atoms with van der Waals surface area (Å²) in [4.78, 5) is 16.5. The van der Waals surface area contributed by atoms with Crippen LogP contribution in [0.15, 0.2) is 16.7 Å². The number of anilines is 1. The van der Waals surface area contributed by atoms with Crippen LogP contribution in [0.5, 0.6) is 0 Å². The minimum absolute atomic E-state index is 0.302. The number of rotatable bonds is 3. The van der Waals surface area contributed by atoms with E-state index in [1.54, 1.807) is 0 Å². The summed E-state index contributed by atoms with van der Waals surface area (Å²) >= 11 is 0. The number of fused-ring (bicyclic) bond motifs is 2. The molecule has 0 unspecified atom stereocenters. The molecule has 3 heterocycles. The number of hydrogen-bond acceptors (Lipinski definition) is 5. The molecule has 2 aromatic rings. The summed E-state index contributed by atoms with van der Waals surface area (Å²) in [6, 6.07) is 3.58. The van der Waals surface area contributed by atoms with Gasteiger partial charge in [0.1, 0.15) is 17.3 Å². The summed E-state index contributed by atoms with van der Waals surface area (Å²) < 4.78 is 10.7. The van der Waals surface area contributed by atoms with Gasteiger partial charge in [-0.05, 0) is 30.9 Å². The molecule has 23 heavy (non-hydrogen) atoms. The maximum Gasteiger partial charge on any atom is 0.320 e. The van der Waals surface area contributed by atoms with Crippen LogP contribution >= 0.6 is 0 Å². The SMILES string of the molecule is O=C(NCc1noc2c1COCC2)Nc1ccc2c(n1)CCC2. The fraction of sp³-hybridized carbons (Fsp3) is 0.438. The van der Waals surface area contributed by atoms with Crippen LogP contribution in [0.1, 0.15) is 34.7 Å². The molecular formula is C16H18N4O3. The zero-order valence-corrected chi connectivity index (χ0v) is 12.7. The summed E-state index contributed by atoms with van der Waals surface area (Å²) in [5.41, 5.74) is 4.04. The number of nitrogens with one attached hydrogen (secondary N) is 2. The standard InChI is InChI=1S/C16H18N4O3/c21-16(19-15-5-4-10-2-1-3-12(10)18-15)17-8-13-11-9-22-7-6-14(11)23-20-13/h4-5H,1-3,6-9H2,(H2,17,18,19,21). The number of urea groups is 1. The molecule has 0 spiro atoms. The highest BCUT2D eigenvalue weighted by molar-refractivity contribution is 5.88. The van der Waals surface area contributed by atoms with Gasteiger partial charge in [-0.3, -0.25) is 5.32 Å². The molecule has 7 nitrogen and oxygen atoms in total. The molecule has 0 aromatic carbocycles. The zero-order chi connectivity index (χ0) is 15.6. The summed E-state index contributed by atoms with van der Waals surface area (Å²) in [5, 5.41) is 9.56. The molecule has 2 N–H and O–H groups in total. The van der Waals surface area contributed by atoms with Crippen molar-refractivity contribution in [1.29, 1.82) is 0 Å². The van der Waals surface area contributed by atoms with Crippen LogP contribution in [-0.2, 0) is 37.2 Å². The number of carbonyl (C=O) groups excluding carboxylic acids is 1. The molecule has 0 saturated carbocycles. The summed E-state index contributed by atoms with van der Waals surface area (Å²) in [5.74, 6) is 1.43. The van der Waals surface area contributed by atoms with E-state index in [1.165, 1.54) is 5.56 Å². The molecule has 1 aliphatic carbocycles. The lowest BCUT2D eigenvalue weighted by Gasteiger charge is -2.11. The molecule has 0 saturated heterocycles. The Morgan fingerprint density at radius 2 is 2.22 bits per heavy atom. The number of aryl methyl sites for hydroxylation is 2. The molecule has 1 aliphatic heterocycles. The number of hydrogen-bond donors (Lipinski definition) is 2. The van der Waals surface area contributed by atoms with Gasteiger partial charge < -0.3 is 14.6 Å². The first-order valence-electron chi connectivity index (χ1n) is 7.87. The van der Waals surface area contributed by atoms with Crippen molar-refractivity contribution in [3.05, 3.63) is 40.4 Å². The van der Waals surface area contributed by atoms with Crippen molar-refractivity contribution < 1.29 is 14.1 Å². The molecule has 4 rings (SSSR count).